The first-order valence-electron chi connectivity index (χ1n) is 6.35. The van der Waals surface area contributed by atoms with Crippen LogP contribution >= 0.6 is 24.0 Å². The van der Waals surface area contributed by atoms with Crippen LogP contribution < -0.4 is 5.32 Å². The Morgan fingerprint density at radius 1 is 1.21 bits per heavy atom. The molecular weight excluding hydrogens is 281 g/mol. The minimum atomic E-state index is 0. The molecule has 0 aliphatic carbocycles. The van der Waals surface area contributed by atoms with Gasteiger partial charge in [0.1, 0.15) is 11.5 Å². The van der Waals surface area contributed by atoms with Crippen molar-refractivity contribution >= 4 is 24.0 Å². The molecule has 1 aromatic carbocycles. The predicted octanol–water partition coefficient (Wildman–Crippen LogP) is 4.91. The van der Waals surface area contributed by atoms with Gasteiger partial charge in [0.05, 0.1) is 6.54 Å². The van der Waals surface area contributed by atoms with Gasteiger partial charge in [-0.05, 0) is 37.2 Å². The Morgan fingerprint density at radius 2 is 2.05 bits per heavy atom. The highest BCUT2D eigenvalue weighted by atomic mass is 35.5. The van der Waals surface area contributed by atoms with Crippen molar-refractivity contribution in [2.24, 2.45) is 0 Å². The average Bonchev–Trinajstić information content (AvgIpc) is 2.83. The van der Waals surface area contributed by atoms with Gasteiger partial charge in [-0.3, -0.25) is 0 Å². The molecule has 0 radical (unpaired) electrons. The highest BCUT2D eigenvalue weighted by Crippen LogP contribution is 2.24. The van der Waals surface area contributed by atoms with Gasteiger partial charge < -0.3 is 9.73 Å². The molecule has 2 aromatic rings. The third kappa shape index (κ3) is 4.90. The van der Waals surface area contributed by atoms with Crippen LogP contribution in [-0.2, 0) is 6.54 Å². The van der Waals surface area contributed by atoms with E-state index in [1.54, 1.807) is 0 Å². The number of rotatable bonds is 6. The SMILES string of the molecule is CCCCNCc1ccc(-c2cccc(Cl)c2)o1.Cl. The van der Waals surface area contributed by atoms with Crippen LogP contribution in [0.2, 0.25) is 5.02 Å². The molecule has 1 aromatic heterocycles. The summed E-state index contributed by atoms with van der Waals surface area (Å²) in [5.74, 6) is 1.82. The van der Waals surface area contributed by atoms with E-state index >= 15 is 0 Å². The van der Waals surface area contributed by atoms with E-state index in [4.69, 9.17) is 16.0 Å². The quantitative estimate of drug-likeness (QED) is 0.767. The van der Waals surface area contributed by atoms with Crippen molar-refractivity contribution in [2.75, 3.05) is 6.54 Å². The van der Waals surface area contributed by atoms with Crippen molar-refractivity contribution < 1.29 is 4.42 Å². The Morgan fingerprint density at radius 3 is 2.79 bits per heavy atom. The molecule has 0 saturated carbocycles. The summed E-state index contributed by atoms with van der Waals surface area (Å²) in [6, 6.07) is 11.7. The first-order chi connectivity index (χ1) is 8.79. The van der Waals surface area contributed by atoms with Gasteiger partial charge in [0.15, 0.2) is 0 Å². The number of unbranched alkanes of at least 4 members (excludes halogenated alkanes) is 1. The lowest BCUT2D eigenvalue weighted by atomic mass is 10.2. The molecular formula is C15H19Cl2NO. The van der Waals surface area contributed by atoms with Gasteiger partial charge in [-0.25, -0.2) is 0 Å². The van der Waals surface area contributed by atoms with Crippen LogP contribution in [0.5, 0.6) is 0 Å². The molecule has 0 fully saturated rings. The zero-order valence-corrected chi connectivity index (χ0v) is 12.6. The van der Waals surface area contributed by atoms with Gasteiger partial charge >= 0.3 is 0 Å². The van der Waals surface area contributed by atoms with E-state index < -0.39 is 0 Å². The Kier molecular flexibility index (Phi) is 7.00. The molecule has 4 heteroatoms. The van der Waals surface area contributed by atoms with Crippen LogP contribution in [0.25, 0.3) is 11.3 Å². The second-order valence-electron chi connectivity index (χ2n) is 4.31. The zero-order chi connectivity index (χ0) is 12.8. The molecule has 0 bridgehead atoms. The van der Waals surface area contributed by atoms with Crippen LogP contribution in [-0.4, -0.2) is 6.54 Å². The van der Waals surface area contributed by atoms with Crippen molar-refractivity contribution in [3.8, 4) is 11.3 Å². The van der Waals surface area contributed by atoms with Crippen LogP contribution in [0, 0.1) is 0 Å². The zero-order valence-electron chi connectivity index (χ0n) is 11.0. The molecule has 1 heterocycles. The highest BCUT2D eigenvalue weighted by Gasteiger charge is 2.04. The van der Waals surface area contributed by atoms with Crippen molar-refractivity contribution in [1.29, 1.82) is 0 Å². The smallest absolute Gasteiger partial charge is 0.134 e. The Labute approximate surface area is 125 Å². The largest absolute Gasteiger partial charge is 0.460 e. The van der Waals surface area contributed by atoms with Crippen molar-refractivity contribution in [2.45, 2.75) is 26.3 Å². The van der Waals surface area contributed by atoms with Crippen LogP contribution in [0.1, 0.15) is 25.5 Å². The molecule has 1 N–H and O–H groups in total. The Hall–Kier alpha value is -0.960. The lowest BCUT2D eigenvalue weighted by Crippen LogP contribution is -2.13. The van der Waals surface area contributed by atoms with Crippen molar-refractivity contribution in [1.82, 2.24) is 5.32 Å². The average molecular weight is 300 g/mol. The van der Waals surface area contributed by atoms with Crippen LogP contribution in [0.15, 0.2) is 40.8 Å². The minimum absolute atomic E-state index is 0. The lowest BCUT2D eigenvalue weighted by molar-refractivity contribution is 0.490. The summed E-state index contributed by atoms with van der Waals surface area (Å²) >= 11 is 5.97. The predicted molar refractivity (Wildman–Crippen MR) is 83.0 cm³/mol. The van der Waals surface area contributed by atoms with Gasteiger partial charge in [-0.1, -0.05) is 37.1 Å². The number of benzene rings is 1. The maximum absolute atomic E-state index is 5.97. The van der Waals surface area contributed by atoms with Gasteiger partial charge in [0.25, 0.3) is 0 Å². The molecule has 0 amide bonds. The summed E-state index contributed by atoms with van der Waals surface area (Å²) in [4.78, 5) is 0. The topological polar surface area (TPSA) is 25.2 Å². The number of hydrogen-bond donors (Lipinski definition) is 1. The molecule has 0 atom stereocenters. The van der Waals surface area contributed by atoms with Gasteiger partial charge in [0, 0.05) is 10.6 Å². The highest BCUT2D eigenvalue weighted by molar-refractivity contribution is 6.30. The lowest BCUT2D eigenvalue weighted by Gasteiger charge is -2.01. The van der Waals surface area contributed by atoms with Crippen LogP contribution in [0.3, 0.4) is 0 Å². The summed E-state index contributed by atoms with van der Waals surface area (Å²) in [6.45, 7) is 4.00. The second-order valence-corrected chi connectivity index (χ2v) is 4.74. The number of nitrogens with one attached hydrogen (secondary N) is 1. The third-order valence-electron chi connectivity index (χ3n) is 2.78. The minimum Gasteiger partial charge on any atom is -0.460 e. The van der Waals surface area contributed by atoms with E-state index in [1.165, 1.54) is 12.8 Å². The molecule has 0 aliphatic rings. The van der Waals surface area contributed by atoms with Gasteiger partial charge in [-0.2, -0.15) is 0 Å². The first kappa shape index (κ1) is 16.1. The number of furan rings is 1. The van der Waals surface area contributed by atoms with Crippen LogP contribution in [0.4, 0.5) is 0 Å². The van der Waals surface area contributed by atoms with Gasteiger partial charge in [-0.15, -0.1) is 12.4 Å². The number of hydrogen-bond acceptors (Lipinski definition) is 2. The molecule has 0 spiro atoms. The molecule has 19 heavy (non-hydrogen) atoms. The third-order valence-corrected chi connectivity index (χ3v) is 3.01. The monoisotopic (exact) mass is 299 g/mol. The summed E-state index contributed by atoms with van der Waals surface area (Å²) < 4.78 is 5.78. The van der Waals surface area contributed by atoms with E-state index in [0.29, 0.717) is 0 Å². The van der Waals surface area contributed by atoms with E-state index in [0.717, 1.165) is 35.2 Å². The van der Waals surface area contributed by atoms with Crippen molar-refractivity contribution in [3.63, 3.8) is 0 Å². The fraction of sp³-hybridized carbons (Fsp3) is 0.333. The molecule has 0 saturated heterocycles. The first-order valence-corrected chi connectivity index (χ1v) is 6.73. The Bertz CT molecular complexity index is 496. The fourth-order valence-electron chi connectivity index (χ4n) is 1.78. The number of halogens is 2. The second kappa shape index (κ2) is 8.26. The summed E-state index contributed by atoms with van der Waals surface area (Å²) in [7, 11) is 0. The molecule has 2 nitrogen and oxygen atoms in total. The summed E-state index contributed by atoms with van der Waals surface area (Å²) in [6.07, 6.45) is 2.40. The van der Waals surface area contributed by atoms with Gasteiger partial charge in [0.2, 0.25) is 0 Å². The summed E-state index contributed by atoms with van der Waals surface area (Å²) in [5, 5.41) is 4.09. The van der Waals surface area contributed by atoms with Crippen molar-refractivity contribution in [3.05, 3.63) is 47.2 Å². The van der Waals surface area contributed by atoms with E-state index in [9.17, 15) is 0 Å². The van der Waals surface area contributed by atoms with E-state index in [-0.39, 0.29) is 12.4 Å². The normalized spacial score (nSPS) is 10.2. The van der Waals surface area contributed by atoms with E-state index in [2.05, 4.69) is 12.2 Å². The standard InChI is InChI=1S/C15H18ClNO.ClH/c1-2-3-9-17-11-14-7-8-15(18-14)12-5-4-6-13(16)10-12;/h4-8,10,17H,2-3,9,11H2,1H3;1H. The molecule has 0 unspecified atom stereocenters. The fourth-order valence-corrected chi connectivity index (χ4v) is 1.97. The molecule has 104 valence electrons. The maximum atomic E-state index is 5.97. The molecule has 2 rings (SSSR count). The maximum Gasteiger partial charge on any atom is 0.134 e. The van der Waals surface area contributed by atoms with E-state index in [1.807, 2.05) is 36.4 Å². The summed E-state index contributed by atoms with van der Waals surface area (Å²) in [5.41, 5.74) is 1.02. The molecule has 0 aliphatic heterocycles. The Balaban J connectivity index is 0.00000180.